The number of nitriles is 1. The van der Waals surface area contributed by atoms with Crippen LogP contribution >= 0.6 is 0 Å². The minimum Gasteiger partial charge on any atom is -0.250 e. The van der Waals surface area contributed by atoms with Crippen LogP contribution in [0.15, 0.2) is 18.2 Å². The Morgan fingerprint density at radius 2 is 2.13 bits per heavy atom. The summed E-state index contributed by atoms with van der Waals surface area (Å²) in [6.45, 7) is 3.56. The molecule has 1 atom stereocenters. The quantitative estimate of drug-likeness (QED) is 0.737. The maximum atomic E-state index is 12.5. The van der Waals surface area contributed by atoms with E-state index in [9.17, 15) is 4.39 Å². The number of halogens is 1. The first-order valence-corrected chi connectivity index (χ1v) is 5.31. The lowest BCUT2D eigenvalue weighted by atomic mass is 9.96. The summed E-state index contributed by atoms with van der Waals surface area (Å²) in [6, 6.07) is 7.80. The third-order valence-corrected chi connectivity index (χ3v) is 2.48. The number of benzene rings is 1. The zero-order valence-electron chi connectivity index (χ0n) is 9.26. The van der Waals surface area contributed by atoms with Gasteiger partial charge in [-0.3, -0.25) is 4.39 Å². The summed E-state index contributed by atoms with van der Waals surface area (Å²) in [4.78, 5) is 0. The number of rotatable bonds is 4. The number of nitrogens with zero attached hydrogens (tertiary/aromatic N) is 1. The molecule has 0 saturated heterocycles. The van der Waals surface area contributed by atoms with E-state index in [0.717, 1.165) is 24.0 Å². The summed E-state index contributed by atoms with van der Waals surface area (Å²) in [5.41, 5.74) is 2.70. The highest BCUT2D eigenvalue weighted by molar-refractivity contribution is 5.38. The molecule has 1 aromatic rings. The molecule has 2 heteroatoms. The molecule has 1 rings (SSSR count). The SMILES string of the molecule is CCCc1cc(C#N)cc(C(C)CF)c1. The Morgan fingerprint density at radius 3 is 2.67 bits per heavy atom. The number of aryl methyl sites for hydroxylation is 1. The molecule has 0 aliphatic rings. The van der Waals surface area contributed by atoms with Gasteiger partial charge in [-0.15, -0.1) is 0 Å². The third-order valence-electron chi connectivity index (χ3n) is 2.48. The fourth-order valence-corrected chi connectivity index (χ4v) is 1.59. The van der Waals surface area contributed by atoms with Crippen LogP contribution in [0.25, 0.3) is 0 Å². The van der Waals surface area contributed by atoms with Crippen molar-refractivity contribution in [2.75, 3.05) is 6.67 Å². The van der Waals surface area contributed by atoms with Gasteiger partial charge in [-0.25, -0.2) is 0 Å². The summed E-state index contributed by atoms with van der Waals surface area (Å²) in [7, 11) is 0. The average Bonchev–Trinajstić information content (AvgIpc) is 2.28. The van der Waals surface area contributed by atoms with Crippen molar-refractivity contribution in [3.63, 3.8) is 0 Å². The largest absolute Gasteiger partial charge is 0.250 e. The van der Waals surface area contributed by atoms with Gasteiger partial charge in [0.2, 0.25) is 0 Å². The summed E-state index contributed by atoms with van der Waals surface area (Å²) in [5, 5.41) is 8.87. The number of alkyl halides is 1. The van der Waals surface area contributed by atoms with Gasteiger partial charge >= 0.3 is 0 Å². The lowest BCUT2D eigenvalue weighted by molar-refractivity contribution is 0.447. The van der Waals surface area contributed by atoms with Gasteiger partial charge in [0.1, 0.15) is 0 Å². The van der Waals surface area contributed by atoms with Crippen LogP contribution in [0.5, 0.6) is 0 Å². The first kappa shape index (κ1) is 11.7. The molecule has 15 heavy (non-hydrogen) atoms. The van der Waals surface area contributed by atoms with Gasteiger partial charge in [0.05, 0.1) is 18.3 Å². The molecule has 80 valence electrons. The van der Waals surface area contributed by atoms with E-state index in [2.05, 4.69) is 13.0 Å². The summed E-state index contributed by atoms with van der Waals surface area (Å²) in [6.07, 6.45) is 1.99. The van der Waals surface area contributed by atoms with Crippen molar-refractivity contribution in [3.8, 4) is 6.07 Å². The molecule has 1 aromatic carbocycles. The highest BCUT2D eigenvalue weighted by Gasteiger charge is 2.07. The third kappa shape index (κ3) is 3.06. The molecular formula is C13H16FN. The Balaban J connectivity index is 3.06. The van der Waals surface area contributed by atoms with Gasteiger partial charge in [-0.1, -0.05) is 26.3 Å². The predicted molar refractivity (Wildman–Crippen MR) is 59.5 cm³/mol. The Hall–Kier alpha value is -1.36. The van der Waals surface area contributed by atoms with Crippen molar-refractivity contribution in [2.24, 2.45) is 0 Å². The summed E-state index contributed by atoms with van der Waals surface area (Å²) in [5.74, 6) is -0.117. The molecule has 0 aliphatic carbocycles. The van der Waals surface area contributed by atoms with Crippen molar-refractivity contribution in [2.45, 2.75) is 32.6 Å². The first-order valence-electron chi connectivity index (χ1n) is 5.31. The molecule has 0 radical (unpaired) electrons. The van der Waals surface area contributed by atoms with Crippen LogP contribution in [0.2, 0.25) is 0 Å². The monoisotopic (exact) mass is 205 g/mol. The van der Waals surface area contributed by atoms with E-state index >= 15 is 0 Å². The molecule has 0 heterocycles. The van der Waals surface area contributed by atoms with Crippen LogP contribution in [0.3, 0.4) is 0 Å². The second-order valence-corrected chi connectivity index (χ2v) is 3.88. The predicted octanol–water partition coefficient (Wildman–Crippen LogP) is 3.58. The van der Waals surface area contributed by atoms with E-state index in [1.165, 1.54) is 0 Å². The normalized spacial score (nSPS) is 12.1. The summed E-state index contributed by atoms with van der Waals surface area (Å²) < 4.78 is 12.5. The smallest absolute Gasteiger partial charge is 0.0991 e. The van der Waals surface area contributed by atoms with Gasteiger partial charge < -0.3 is 0 Å². The molecule has 1 nitrogen and oxygen atoms in total. The maximum absolute atomic E-state index is 12.5. The molecule has 0 N–H and O–H groups in total. The zero-order chi connectivity index (χ0) is 11.3. The lowest BCUT2D eigenvalue weighted by Gasteiger charge is -2.10. The second kappa shape index (κ2) is 5.50. The highest BCUT2D eigenvalue weighted by Crippen LogP contribution is 2.20. The average molecular weight is 205 g/mol. The molecular weight excluding hydrogens is 189 g/mol. The van der Waals surface area contributed by atoms with Gasteiger partial charge in [-0.05, 0) is 29.7 Å². The van der Waals surface area contributed by atoms with Crippen molar-refractivity contribution in [1.82, 2.24) is 0 Å². The van der Waals surface area contributed by atoms with E-state index in [1.807, 2.05) is 19.1 Å². The summed E-state index contributed by atoms with van der Waals surface area (Å²) >= 11 is 0. The van der Waals surface area contributed by atoms with E-state index < -0.39 is 0 Å². The second-order valence-electron chi connectivity index (χ2n) is 3.88. The molecule has 0 bridgehead atoms. The first-order chi connectivity index (χ1) is 7.21. The van der Waals surface area contributed by atoms with Crippen LogP contribution in [0, 0.1) is 11.3 Å². The molecule has 0 aliphatic heterocycles. The Labute approximate surface area is 90.5 Å². The van der Waals surface area contributed by atoms with Crippen LogP contribution in [0.1, 0.15) is 42.9 Å². The minimum absolute atomic E-state index is 0.117. The molecule has 0 saturated carbocycles. The minimum atomic E-state index is -0.375. The fourth-order valence-electron chi connectivity index (χ4n) is 1.59. The molecule has 0 spiro atoms. The lowest BCUT2D eigenvalue weighted by Crippen LogP contribution is -1.98. The van der Waals surface area contributed by atoms with Crippen molar-refractivity contribution in [3.05, 3.63) is 34.9 Å². The van der Waals surface area contributed by atoms with Crippen molar-refractivity contribution < 1.29 is 4.39 Å². The Kier molecular flexibility index (Phi) is 4.30. The van der Waals surface area contributed by atoms with E-state index in [1.54, 1.807) is 6.07 Å². The number of hydrogen-bond acceptors (Lipinski definition) is 1. The maximum Gasteiger partial charge on any atom is 0.0991 e. The highest BCUT2D eigenvalue weighted by atomic mass is 19.1. The van der Waals surface area contributed by atoms with Gasteiger partial charge in [0, 0.05) is 5.92 Å². The molecule has 0 amide bonds. The zero-order valence-corrected chi connectivity index (χ0v) is 9.26. The van der Waals surface area contributed by atoms with E-state index in [-0.39, 0.29) is 12.6 Å². The van der Waals surface area contributed by atoms with Crippen LogP contribution < -0.4 is 0 Å². The molecule has 0 fully saturated rings. The van der Waals surface area contributed by atoms with Crippen molar-refractivity contribution >= 4 is 0 Å². The number of hydrogen-bond donors (Lipinski definition) is 0. The fraction of sp³-hybridized carbons (Fsp3) is 0.462. The Bertz CT molecular complexity index is 365. The van der Waals surface area contributed by atoms with Crippen LogP contribution in [0.4, 0.5) is 4.39 Å². The molecule has 1 unspecified atom stereocenters. The van der Waals surface area contributed by atoms with Crippen LogP contribution in [-0.4, -0.2) is 6.67 Å². The van der Waals surface area contributed by atoms with E-state index in [0.29, 0.717) is 5.56 Å². The van der Waals surface area contributed by atoms with Crippen LogP contribution in [-0.2, 0) is 6.42 Å². The van der Waals surface area contributed by atoms with E-state index in [4.69, 9.17) is 5.26 Å². The Morgan fingerprint density at radius 1 is 1.40 bits per heavy atom. The standard InChI is InChI=1S/C13H16FN/c1-3-4-11-5-12(9-15)7-13(6-11)10(2)8-14/h5-7,10H,3-4,8H2,1-2H3. The van der Waals surface area contributed by atoms with Crippen molar-refractivity contribution in [1.29, 1.82) is 5.26 Å². The topological polar surface area (TPSA) is 23.8 Å². The molecule has 0 aromatic heterocycles. The van der Waals surface area contributed by atoms with Gasteiger partial charge in [0.25, 0.3) is 0 Å². The van der Waals surface area contributed by atoms with Gasteiger partial charge in [0.15, 0.2) is 0 Å². The van der Waals surface area contributed by atoms with Gasteiger partial charge in [-0.2, -0.15) is 5.26 Å².